The van der Waals surface area contributed by atoms with Crippen LogP contribution >= 0.6 is 11.6 Å². The molecule has 4 rings (SSSR count). The van der Waals surface area contributed by atoms with Gasteiger partial charge in [-0.25, -0.2) is 15.0 Å². The van der Waals surface area contributed by atoms with E-state index in [0.29, 0.717) is 27.0 Å². The molecule has 140 valence electrons. The number of H-pyrrole nitrogens is 1. The molecular weight excluding hydrogens is 392 g/mol. The first-order valence-corrected chi connectivity index (χ1v) is 7.91. The highest BCUT2D eigenvalue weighted by Gasteiger charge is 2.09. The summed E-state index contributed by atoms with van der Waals surface area (Å²) in [4.78, 5) is 44.9. The zero-order valence-corrected chi connectivity index (χ0v) is 14.5. The summed E-state index contributed by atoms with van der Waals surface area (Å²) in [6, 6.07) is 8.21. The molecule has 0 atom stereocenters. The number of aromatic amines is 1. The Morgan fingerprint density at radius 1 is 0.857 bits per heavy atom. The predicted octanol–water partition coefficient (Wildman–Crippen LogP) is 3.02. The molecule has 0 unspecified atom stereocenters. The van der Waals surface area contributed by atoms with Crippen LogP contribution < -0.4 is 5.56 Å². The van der Waals surface area contributed by atoms with Gasteiger partial charge < -0.3 is 4.98 Å². The number of hydrogen-bond donors (Lipinski definition) is 1. The number of benzene rings is 2. The number of nitrogens with zero attached hydrogens (tertiary/aromatic N) is 5. The van der Waals surface area contributed by atoms with Gasteiger partial charge in [0.15, 0.2) is 0 Å². The van der Waals surface area contributed by atoms with Gasteiger partial charge in [0.1, 0.15) is 11.5 Å². The third-order valence-electron chi connectivity index (χ3n) is 3.62. The van der Waals surface area contributed by atoms with E-state index in [9.17, 15) is 25.0 Å². The minimum absolute atomic E-state index is 0.00716. The number of fused-ring (bicyclic) bond motifs is 2. The van der Waals surface area contributed by atoms with Crippen molar-refractivity contribution in [2.75, 3.05) is 0 Å². The molecule has 2 aromatic carbocycles. The summed E-state index contributed by atoms with van der Waals surface area (Å²) in [5.41, 5.74) is 0.412. The normalized spacial score (nSPS) is 10.3. The summed E-state index contributed by atoms with van der Waals surface area (Å²) >= 11 is 5.77. The molecule has 0 aliphatic rings. The van der Waals surface area contributed by atoms with Crippen LogP contribution in [-0.2, 0) is 0 Å². The second-order valence-electron chi connectivity index (χ2n) is 5.31. The van der Waals surface area contributed by atoms with Crippen LogP contribution in [0.2, 0.25) is 5.15 Å². The lowest BCUT2D eigenvalue weighted by molar-refractivity contribution is -0.384. The lowest BCUT2D eigenvalue weighted by Crippen LogP contribution is -2.06. The maximum Gasteiger partial charge on any atom is 0.271 e. The van der Waals surface area contributed by atoms with Crippen LogP contribution in [0.25, 0.3) is 21.8 Å². The predicted molar refractivity (Wildman–Crippen MR) is 100 cm³/mol. The summed E-state index contributed by atoms with van der Waals surface area (Å²) in [6.07, 6.45) is 2.49. The van der Waals surface area contributed by atoms with Gasteiger partial charge in [-0.2, -0.15) is 0 Å². The average Bonchev–Trinajstić information content (AvgIpc) is 2.68. The van der Waals surface area contributed by atoms with Crippen molar-refractivity contribution in [3.8, 4) is 0 Å². The minimum Gasteiger partial charge on any atom is -0.313 e. The Bertz CT molecular complexity index is 1280. The van der Waals surface area contributed by atoms with Crippen molar-refractivity contribution in [2.45, 2.75) is 0 Å². The van der Waals surface area contributed by atoms with E-state index in [0.717, 1.165) is 0 Å². The number of nitro benzene ring substituents is 2. The molecule has 2 aromatic heterocycles. The number of halogens is 1. The van der Waals surface area contributed by atoms with E-state index in [1.165, 1.54) is 49.1 Å². The van der Waals surface area contributed by atoms with Gasteiger partial charge >= 0.3 is 0 Å². The molecule has 0 aliphatic carbocycles. The highest BCUT2D eigenvalue weighted by atomic mass is 35.5. The first kappa shape index (κ1) is 18.8. The molecule has 0 spiro atoms. The van der Waals surface area contributed by atoms with E-state index in [1.54, 1.807) is 0 Å². The maximum absolute atomic E-state index is 11.2. The quantitative estimate of drug-likeness (QED) is 0.305. The van der Waals surface area contributed by atoms with Gasteiger partial charge in [0, 0.05) is 29.7 Å². The molecule has 0 fully saturated rings. The SMILES string of the molecule is O=[N+]([O-])c1ccc2c(Cl)ncnc2c1.O=c1[nH]cnc2cc([N+](=O)[O-])ccc12. The number of hydrogen-bond acceptors (Lipinski definition) is 8. The Kier molecular flexibility index (Phi) is 5.18. The van der Waals surface area contributed by atoms with Crippen LogP contribution in [0.3, 0.4) is 0 Å². The van der Waals surface area contributed by atoms with Crippen LogP contribution in [0.1, 0.15) is 0 Å². The molecule has 4 aromatic rings. The second kappa shape index (κ2) is 7.72. The Morgan fingerprint density at radius 2 is 1.43 bits per heavy atom. The summed E-state index contributed by atoms with van der Waals surface area (Å²) in [6.45, 7) is 0. The van der Waals surface area contributed by atoms with E-state index < -0.39 is 9.85 Å². The maximum atomic E-state index is 11.2. The highest BCUT2D eigenvalue weighted by Crippen LogP contribution is 2.23. The number of aromatic nitrogens is 4. The first-order chi connectivity index (χ1) is 13.4. The van der Waals surface area contributed by atoms with Gasteiger partial charge in [-0.15, -0.1) is 0 Å². The minimum atomic E-state index is -0.525. The van der Waals surface area contributed by atoms with Gasteiger partial charge in [-0.3, -0.25) is 25.0 Å². The van der Waals surface area contributed by atoms with Crippen LogP contribution in [0.15, 0.2) is 53.8 Å². The molecule has 12 heteroatoms. The molecule has 0 saturated heterocycles. The smallest absolute Gasteiger partial charge is 0.271 e. The lowest BCUT2D eigenvalue weighted by atomic mass is 10.2. The average molecular weight is 401 g/mol. The van der Waals surface area contributed by atoms with Gasteiger partial charge in [-0.1, -0.05) is 11.6 Å². The highest BCUT2D eigenvalue weighted by molar-refractivity contribution is 6.34. The van der Waals surface area contributed by atoms with Gasteiger partial charge in [0.2, 0.25) is 0 Å². The van der Waals surface area contributed by atoms with Gasteiger partial charge in [0.05, 0.1) is 32.6 Å². The monoisotopic (exact) mass is 400 g/mol. The summed E-state index contributed by atoms with van der Waals surface area (Å²) in [5, 5.41) is 22.1. The fraction of sp³-hybridized carbons (Fsp3) is 0. The molecule has 11 nitrogen and oxygen atoms in total. The molecule has 0 saturated carbocycles. The van der Waals surface area contributed by atoms with Gasteiger partial charge in [-0.05, 0) is 12.1 Å². The third kappa shape index (κ3) is 3.88. The van der Waals surface area contributed by atoms with E-state index >= 15 is 0 Å². The van der Waals surface area contributed by atoms with Crippen molar-refractivity contribution in [1.29, 1.82) is 0 Å². The Morgan fingerprint density at radius 3 is 2.04 bits per heavy atom. The summed E-state index contributed by atoms with van der Waals surface area (Å²) < 4.78 is 0. The molecule has 0 aliphatic heterocycles. The molecule has 1 N–H and O–H groups in total. The molecule has 2 heterocycles. The number of nitro groups is 2. The lowest BCUT2D eigenvalue weighted by Gasteiger charge is -1.97. The summed E-state index contributed by atoms with van der Waals surface area (Å²) in [5.74, 6) is 0. The molecule has 0 bridgehead atoms. The standard InChI is InChI=1S/C8H4ClN3O2.C8H5N3O3/c9-8-6-2-1-5(12(13)14)3-7(6)10-4-11-8;12-8-6-2-1-5(11(13)14)3-7(6)9-4-10-8/h1-4H;1-4H,(H,9,10,12). The number of nitrogens with one attached hydrogen (secondary N) is 1. The fourth-order valence-electron chi connectivity index (χ4n) is 2.30. The fourth-order valence-corrected chi connectivity index (χ4v) is 2.50. The van der Waals surface area contributed by atoms with Crippen LogP contribution in [-0.4, -0.2) is 29.8 Å². The zero-order chi connectivity index (χ0) is 20.3. The Labute approximate surface area is 160 Å². The first-order valence-electron chi connectivity index (χ1n) is 7.53. The molecule has 0 radical (unpaired) electrons. The van der Waals surface area contributed by atoms with Crippen LogP contribution in [0.5, 0.6) is 0 Å². The van der Waals surface area contributed by atoms with E-state index in [4.69, 9.17) is 11.6 Å². The van der Waals surface area contributed by atoms with Crippen molar-refractivity contribution in [3.63, 3.8) is 0 Å². The van der Waals surface area contributed by atoms with Crippen LogP contribution in [0.4, 0.5) is 11.4 Å². The van der Waals surface area contributed by atoms with Gasteiger partial charge in [0.25, 0.3) is 16.9 Å². The van der Waals surface area contributed by atoms with Crippen molar-refractivity contribution in [1.82, 2.24) is 19.9 Å². The number of non-ortho nitro benzene ring substituents is 2. The van der Waals surface area contributed by atoms with Crippen molar-refractivity contribution >= 4 is 44.8 Å². The van der Waals surface area contributed by atoms with E-state index in [2.05, 4.69) is 19.9 Å². The molecule has 28 heavy (non-hydrogen) atoms. The Balaban J connectivity index is 0.000000161. The molecular formula is C16H9ClN6O5. The topological polar surface area (TPSA) is 158 Å². The Hall–Kier alpha value is -3.99. The van der Waals surface area contributed by atoms with E-state index in [1.807, 2.05) is 0 Å². The second-order valence-corrected chi connectivity index (χ2v) is 5.67. The van der Waals surface area contributed by atoms with Crippen molar-refractivity contribution < 1.29 is 9.85 Å². The largest absolute Gasteiger partial charge is 0.313 e. The van der Waals surface area contributed by atoms with Crippen molar-refractivity contribution in [3.05, 3.63) is 84.8 Å². The number of rotatable bonds is 2. The molecule has 0 amide bonds. The third-order valence-corrected chi connectivity index (χ3v) is 3.92. The van der Waals surface area contributed by atoms with Crippen LogP contribution in [0, 0.1) is 20.2 Å². The van der Waals surface area contributed by atoms with Crippen molar-refractivity contribution in [2.24, 2.45) is 0 Å². The zero-order valence-electron chi connectivity index (χ0n) is 13.8. The summed E-state index contributed by atoms with van der Waals surface area (Å²) in [7, 11) is 0. The van der Waals surface area contributed by atoms with E-state index in [-0.39, 0.29) is 16.9 Å².